The van der Waals surface area contributed by atoms with Gasteiger partial charge in [-0.15, -0.1) is 0 Å². The molecule has 0 aliphatic carbocycles. The molecule has 0 aliphatic rings. The van der Waals surface area contributed by atoms with Crippen molar-refractivity contribution in [3.05, 3.63) is 24.3 Å². The standard InChI is InChI=1S/C54H100O6/c1-4-7-10-13-16-19-22-25-27-30-32-35-38-41-44-47-53(56)59-50-51(49-58-52(55)46-43-40-37-34-31-28-24-21-18-15-12-9-6-3)60-54(57)48-45-42-39-36-33-29-26-23-20-17-14-11-8-5-2/h12,15,21,24,51H,4-11,13-14,16-20,22-23,25-50H2,1-3H3/b15-12-,24-21-. The molecule has 60 heavy (non-hydrogen) atoms. The average molecular weight is 845 g/mol. The van der Waals surface area contributed by atoms with Gasteiger partial charge in [0.2, 0.25) is 0 Å². The number of carbonyl (C=O) groups is 3. The second-order valence-corrected chi connectivity index (χ2v) is 17.8. The molecule has 0 saturated carbocycles. The van der Waals surface area contributed by atoms with Crippen LogP contribution in [0.3, 0.4) is 0 Å². The van der Waals surface area contributed by atoms with Crippen LogP contribution in [0.25, 0.3) is 0 Å². The van der Waals surface area contributed by atoms with Crippen LogP contribution in [0.15, 0.2) is 24.3 Å². The quantitative estimate of drug-likeness (QED) is 0.0263. The van der Waals surface area contributed by atoms with Crippen molar-refractivity contribution in [2.45, 2.75) is 290 Å². The smallest absolute Gasteiger partial charge is 0.306 e. The van der Waals surface area contributed by atoms with Crippen LogP contribution in [0.5, 0.6) is 0 Å². The van der Waals surface area contributed by atoms with E-state index in [-0.39, 0.29) is 31.1 Å². The largest absolute Gasteiger partial charge is 0.462 e. The SMILES string of the molecule is CCC/C=C\C/C=C\CCCCCCCC(=O)OCC(COC(=O)CCCCCCCCCCCCCCCCC)OC(=O)CCCCCCCCCCCCCCCC. The molecule has 0 aromatic heterocycles. The van der Waals surface area contributed by atoms with Crippen molar-refractivity contribution >= 4 is 17.9 Å². The van der Waals surface area contributed by atoms with E-state index < -0.39 is 6.10 Å². The van der Waals surface area contributed by atoms with E-state index in [0.29, 0.717) is 19.3 Å². The third-order valence-corrected chi connectivity index (χ3v) is 11.7. The third-order valence-electron chi connectivity index (χ3n) is 11.7. The lowest BCUT2D eigenvalue weighted by Gasteiger charge is -2.18. The number of unbranched alkanes of at least 4 members (excludes halogenated alkanes) is 33. The summed E-state index contributed by atoms with van der Waals surface area (Å²) in [6.45, 7) is 6.60. The summed E-state index contributed by atoms with van der Waals surface area (Å²) in [5.74, 6) is -0.870. The van der Waals surface area contributed by atoms with Gasteiger partial charge >= 0.3 is 17.9 Å². The lowest BCUT2D eigenvalue weighted by molar-refractivity contribution is -0.167. The highest BCUT2D eigenvalue weighted by Crippen LogP contribution is 2.16. The maximum atomic E-state index is 12.8. The van der Waals surface area contributed by atoms with Crippen LogP contribution >= 0.6 is 0 Å². The van der Waals surface area contributed by atoms with Crippen molar-refractivity contribution in [3.63, 3.8) is 0 Å². The first-order chi connectivity index (χ1) is 29.5. The van der Waals surface area contributed by atoms with Crippen molar-refractivity contribution in [2.75, 3.05) is 13.2 Å². The molecule has 6 nitrogen and oxygen atoms in total. The van der Waals surface area contributed by atoms with Gasteiger partial charge in [0, 0.05) is 19.3 Å². The Morgan fingerprint density at radius 1 is 0.333 bits per heavy atom. The van der Waals surface area contributed by atoms with Gasteiger partial charge < -0.3 is 14.2 Å². The van der Waals surface area contributed by atoms with Crippen LogP contribution in [0.2, 0.25) is 0 Å². The molecule has 0 aromatic rings. The average Bonchev–Trinajstić information content (AvgIpc) is 3.24. The lowest BCUT2D eigenvalue weighted by atomic mass is 10.0. The van der Waals surface area contributed by atoms with Crippen molar-refractivity contribution in [1.82, 2.24) is 0 Å². The van der Waals surface area contributed by atoms with Gasteiger partial charge in [-0.2, -0.15) is 0 Å². The molecule has 1 unspecified atom stereocenters. The van der Waals surface area contributed by atoms with Crippen molar-refractivity contribution in [3.8, 4) is 0 Å². The molecule has 0 fully saturated rings. The molecule has 352 valence electrons. The first kappa shape index (κ1) is 57.9. The van der Waals surface area contributed by atoms with Crippen molar-refractivity contribution in [2.24, 2.45) is 0 Å². The highest BCUT2D eigenvalue weighted by Gasteiger charge is 2.19. The topological polar surface area (TPSA) is 78.9 Å². The number of esters is 3. The Bertz CT molecular complexity index is 973. The minimum absolute atomic E-state index is 0.0706. The second kappa shape index (κ2) is 49.5. The number of allylic oxidation sites excluding steroid dienone is 4. The highest BCUT2D eigenvalue weighted by molar-refractivity contribution is 5.71. The molecule has 0 spiro atoms. The van der Waals surface area contributed by atoms with Gasteiger partial charge in [0.05, 0.1) is 0 Å². The number of hydrogen-bond acceptors (Lipinski definition) is 6. The lowest BCUT2D eigenvalue weighted by Crippen LogP contribution is -2.30. The number of hydrogen-bond donors (Lipinski definition) is 0. The summed E-state index contributed by atoms with van der Waals surface area (Å²) in [6.07, 6.45) is 55.8. The molecule has 0 radical (unpaired) electrons. The van der Waals surface area contributed by atoms with Crippen LogP contribution in [0, 0.1) is 0 Å². The number of ether oxygens (including phenoxy) is 3. The van der Waals surface area contributed by atoms with Crippen molar-refractivity contribution < 1.29 is 28.6 Å². The van der Waals surface area contributed by atoms with Gasteiger partial charge in [-0.1, -0.05) is 244 Å². The Labute approximate surface area is 373 Å². The predicted octanol–water partition coefficient (Wildman–Crippen LogP) is 17.2. The number of rotatable bonds is 48. The van der Waals surface area contributed by atoms with Crippen LogP contribution in [-0.2, 0) is 28.6 Å². The van der Waals surface area contributed by atoms with E-state index in [9.17, 15) is 14.4 Å². The predicted molar refractivity (Wildman–Crippen MR) is 256 cm³/mol. The zero-order chi connectivity index (χ0) is 43.7. The molecule has 0 amide bonds. The monoisotopic (exact) mass is 845 g/mol. The molecule has 0 heterocycles. The van der Waals surface area contributed by atoms with E-state index in [0.717, 1.165) is 83.5 Å². The van der Waals surface area contributed by atoms with Gasteiger partial charge in [-0.05, 0) is 44.9 Å². The van der Waals surface area contributed by atoms with Crippen LogP contribution in [0.4, 0.5) is 0 Å². The fraction of sp³-hybridized carbons (Fsp3) is 0.870. The molecule has 6 heteroatoms. The number of carbonyl (C=O) groups excluding carboxylic acids is 3. The molecular formula is C54H100O6. The van der Waals surface area contributed by atoms with E-state index in [2.05, 4.69) is 45.1 Å². The Balaban J connectivity index is 4.34. The van der Waals surface area contributed by atoms with E-state index in [4.69, 9.17) is 14.2 Å². The third kappa shape index (κ3) is 46.9. The second-order valence-electron chi connectivity index (χ2n) is 17.8. The summed E-state index contributed by atoms with van der Waals surface area (Å²) in [5.41, 5.74) is 0. The Morgan fingerprint density at radius 3 is 0.983 bits per heavy atom. The van der Waals surface area contributed by atoms with Crippen LogP contribution in [0.1, 0.15) is 284 Å². The zero-order valence-corrected chi connectivity index (χ0v) is 40.2. The summed E-state index contributed by atoms with van der Waals surface area (Å²) in [6, 6.07) is 0. The van der Waals surface area contributed by atoms with E-state index in [1.807, 2.05) is 0 Å². The normalized spacial score (nSPS) is 12.1. The first-order valence-corrected chi connectivity index (χ1v) is 26.3. The molecule has 0 aliphatic heterocycles. The Kier molecular flexibility index (Phi) is 47.8. The van der Waals surface area contributed by atoms with E-state index in [1.165, 1.54) is 161 Å². The zero-order valence-electron chi connectivity index (χ0n) is 40.2. The summed E-state index contributed by atoms with van der Waals surface area (Å²) >= 11 is 0. The minimum atomic E-state index is -0.770. The molecule has 0 rings (SSSR count). The summed E-state index contributed by atoms with van der Waals surface area (Å²) in [5, 5.41) is 0. The first-order valence-electron chi connectivity index (χ1n) is 26.3. The van der Waals surface area contributed by atoms with Gasteiger partial charge in [0.1, 0.15) is 13.2 Å². The van der Waals surface area contributed by atoms with Gasteiger partial charge in [-0.3, -0.25) is 14.4 Å². The van der Waals surface area contributed by atoms with Crippen LogP contribution in [-0.4, -0.2) is 37.2 Å². The van der Waals surface area contributed by atoms with Gasteiger partial charge in [-0.25, -0.2) is 0 Å². The Morgan fingerprint density at radius 2 is 0.633 bits per heavy atom. The summed E-state index contributed by atoms with van der Waals surface area (Å²) < 4.78 is 16.8. The molecule has 0 saturated heterocycles. The fourth-order valence-corrected chi connectivity index (χ4v) is 7.72. The van der Waals surface area contributed by atoms with E-state index >= 15 is 0 Å². The molecule has 1 atom stereocenters. The van der Waals surface area contributed by atoms with Crippen molar-refractivity contribution in [1.29, 1.82) is 0 Å². The molecular weight excluding hydrogens is 745 g/mol. The maximum Gasteiger partial charge on any atom is 0.306 e. The maximum absolute atomic E-state index is 12.8. The van der Waals surface area contributed by atoms with Crippen LogP contribution < -0.4 is 0 Å². The molecule has 0 aromatic carbocycles. The minimum Gasteiger partial charge on any atom is -0.462 e. The van der Waals surface area contributed by atoms with E-state index in [1.54, 1.807) is 0 Å². The summed E-state index contributed by atoms with van der Waals surface area (Å²) in [4.78, 5) is 38.0. The molecule has 0 bridgehead atoms. The Hall–Kier alpha value is -2.11. The van der Waals surface area contributed by atoms with Gasteiger partial charge in [0.25, 0.3) is 0 Å². The molecule has 0 N–H and O–H groups in total. The summed E-state index contributed by atoms with van der Waals surface area (Å²) in [7, 11) is 0. The highest BCUT2D eigenvalue weighted by atomic mass is 16.6. The van der Waals surface area contributed by atoms with Gasteiger partial charge in [0.15, 0.2) is 6.10 Å². The fourth-order valence-electron chi connectivity index (χ4n) is 7.72.